The Bertz CT molecular complexity index is 942. The second-order valence-corrected chi connectivity index (χ2v) is 6.62. The van der Waals surface area contributed by atoms with Crippen molar-refractivity contribution < 1.29 is 19.0 Å². The molecule has 6 nitrogen and oxygen atoms in total. The molecule has 1 heterocycles. The van der Waals surface area contributed by atoms with E-state index in [2.05, 4.69) is 5.32 Å². The molecule has 1 aliphatic rings. The summed E-state index contributed by atoms with van der Waals surface area (Å²) in [4.78, 5) is 14.5. The van der Waals surface area contributed by atoms with E-state index < -0.39 is 0 Å². The molecule has 29 heavy (non-hydrogen) atoms. The molecule has 1 N–H and O–H groups in total. The van der Waals surface area contributed by atoms with Crippen LogP contribution >= 0.6 is 12.2 Å². The maximum atomic E-state index is 13.1. The lowest BCUT2D eigenvalue weighted by atomic mass is 10.1. The number of amides is 1. The maximum absolute atomic E-state index is 13.1. The van der Waals surface area contributed by atoms with Crippen LogP contribution in [0.3, 0.4) is 0 Å². The summed E-state index contributed by atoms with van der Waals surface area (Å²) in [5.74, 6) is 1.12. The van der Waals surface area contributed by atoms with Crippen LogP contribution in [-0.2, 0) is 16.1 Å². The molecule has 7 heteroatoms. The summed E-state index contributed by atoms with van der Waals surface area (Å²) < 4.78 is 16.6. The molecule has 1 aliphatic heterocycles. The molecular formula is C22H24N2O4S. The lowest BCUT2D eigenvalue weighted by Crippen LogP contribution is -2.30. The highest BCUT2D eigenvalue weighted by atomic mass is 32.1. The number of nitrogens with one attached hydrogen (secondary N) is 1. The number of carbonyl (C=O) groups is 1. The summed E-state index contributed by atoms with van der Waals surface area (Å²) in [6, 6.07) is 13.0. The van der Waals surface area contributed by atoms with E-state index >= 15 is 0 Å². The van der Waals surface area contributed by atoms with Crippen molar-refractivity contribution in [3.05, 3.63) is 59.3 Å². The fourth-order valence-electron chi connectivity index (χ4n) is 3.05. The van der Waals surface area contributed by atoms with Gasteiger partial charge in [0.15, 0.2) is 5.11 Å². The highest BCUT2D eigenvalue weighted by molar-refractivity contribution is 7.80. The van der Waals surface area contributed by atoms with Gasteiger partial charge in [-0.3, -0.25) is 4.79 Å². The minimum Gasteiger partial charge on any atom is -0.496 e. The fraction of sp³-hybridized carbons (Fsp3) is 0.273. The Labute approximate surface area is 176 Å². The SMILES string of the molecule is CCOCc1cc(/C=C2/NC(=S)N(c3ccccc3OCC)C2=O)ccc1OC. The van der Waals surface area contributed by atoms with Gasteiger partial charge in [-0.2, -0.15) is 0 Å². The van der Waals surface area contributed by atoms with Crippen LogP contribution in [-0.4, -0.2) is 31.3 Å². The largest absolute Gasteiger partial charge is 0.496 e. The van der Waals surface area contributed by atoms with Crippen molar-refractivity contribution in [1.82, 2.24) is 5.32 Å². The smallest absolute Gasteiger partial charge is 0.281 e. The molecule has 1 fully saturated rings. The molecule has 0 aromatic heterocycles. The summed E-state index contributed by atoms with van der Waals surface area (Å²) in [6.45, 7) is 5.38. The summed E-state index contributed by atoms with van der Waals surface area (Å²) in [6.07, 6.45) is 1.77. The zero-order valence-corrected chi connectivity index (χ0v) is 17.5. The third kappa shape index (κ3) is 4.58. The first kappa shape index (κ1) is 20.8. The number of thiocarbonyl (C=S) groups is 1. The number of hydrogen-bond donors (Lipinski definition) is 1. The van der Waals surface area contributed by atoms with Gasteiger partial charge in [0.1, 0.15) is 17.2 Å². The number of nitrogens with zero attached hydrogens (tertiary/aromatic N) is 1. The number of rotatable bonds is 8. The molecule has 1 amide bonds. The van der Waals surface area contributed by atoms with Crippen molar-refractivity contribution in [2.45, 2.75) is 20.5 Å². The number of methoxy groups -OCH3 is 1. The van der Waals surface area contributed by atoms with Gasteiger partial charge in [-0.1, -0.05) is 18.2 Å². The van der Waals surface area contributed by atoms with Gasteiger partial charge in [-0.05, 0) is 62.0 Å². The van der Waals surface area contributed by atoms with Gasteiger partial charge in [0.05, 0.1) is 26.0 Å². The van der Waals surface area contributed by atoms with Gasteiger partial charge in [0.2, 0.25) is 0 Å². The molecule has 0 unspecified atom stereocenters. The lowest BCUT2D eigenvalue weighted by molar-refractivity contribution is -0.113. The Morgan fingerprint density at radius 2 is 1.90 bits per heavy atom. The summed E-state index contributed by atoms with van der Waals surface area (Å²) in [5.41, 5.74) is 2.77. The van der Waals surface area contributed by atoms with Gasteiger partial charge < -0.3 is 19.5 Å². The quantitative estimate of drug-likeness (QED) is 0.524. The van der Waals surface area contributed by atoms with Crippen LogP contribution in [0.15, 0.2) is 48.2 Å². The number of anilines is 1. The number of carbonyl (C=O) groups excluding carboxylic acids is 1. The summed E-state index contributed by atoms with van der Waals surface area (Å²) in [7, 11) is 1.62. The van der Waals surface area contributed by atoms with Crippen LogP contribution in [0.5, 0.6) is 11.5 Å². The van der Waals surface area contributed by atoms with Gasteiger partial charge in [0, 0.05) is 12.2 Å². The molecular weight excluding hydrogens is 388 g/mol. The zero-order valence-electron chi connectivity index (χ0n) is 16.7. The van der Waals surface area contributed by atoms with Crippen molar-refractivity contribution in [3.63, 3.8) is 0 Å². The van der Waals surface area contributed by atoms with Crippen LogP contribution in [0.2, 0.25) is 0 Å². The Morgan fingerprint density at radius 3 is 2.62 bits per heavy atom. The van der Waals surface area contributed by atoms with E-state index in [0.29, 0.717) is 42.1 Å². The van der Waals surface area contributed by atoms with E-state index in [1.165, 1.54) is 4.90 Å². The second-order valence-electron chi connectivity index (χ2n) is 6.24. The third-order valence-corrected chi connectivity index (χ3v) is 4.65. The molecule has 0 atom stereocenters. The maximum Gasteiger partial charge on any atom is 0.281 e. The van der Waals surface area contributed by atoms with Crippen molar-refractivity contribution in [2.24, 2.45) is 0 Å². The van der Waals surface area contributed by atoms with Gasteiger partial charge >= 0.3 is 0 Å². The molecule has 0 aliphatic carbocycles. The Balaban J connectivity index is 1.91. The van der Waals surface area contributed by atoms with E-state index in [4.69, 9.17) is 26.4 Å². The van der Waals surface area contributed by atoms with Crippen LogP contribution < -0.4 is 19.7 Å². The van der Waals surface area contributed by atoms with Crippen LogP contribution in [0.25, 0.3) is 6.08 Å². The van der Waals surface area contributed by atoms with Crippen LogP contribution in [0.1, 0.15) is 25.0 Å². The number of hydrogen-bond acceptors (Lipinski definition) is 5. The zero-order chi connectivity index (χ0) is 20.8. The molecule has 0 saturated carbocycles. The Hall–Kier alpha value is -2.90. The molecule has 1 saturated heterocycles. The van der Waals surface area contributed by atoms with E-state index in [-0.39, 0.29) is 5.91 Å². The molecule has 2 aromatic rings. The average molecular weight is 413 g/mol. The standard InChI is InChI=1S/C22H24N2O4S/c1-4-27-14-16-12-15(10-11-19(16)26-3)13-17-21(25)24(22(29)23-17)18-8-6-7-9-20(18)28-5-2/h6-13H,4-5,14H2,1-3H3,(H,23,29)/b17-13+. The number of para-hydroxylation sites is 2. The molecule has 0 radical (unpaired) electrons. The lowest BCUT2D eigenvalue weighted by Gasteiger charge is -2.17. The van der Waals surface area contributed by atoms with Gasteiger partial charge in [0.25, 0.3) is 5.91 Å². The highest BCUT2D eigenvalue weighted by Crippen LogP contribution is 2.32. The Morgan fingerprint density at radius 1 is 1.10 bits per heavy atom. The van der Waals surface area contributed by atoms with Gasteiger partial charge in [-0.25, -0.2) is 4.90 Å². The minimum atomic E-state index is -0.232. The molecule has 152 valence electrons. The van der Waals surface area contributed by atoms with E-state index in [0.717, 1.165) is 16.9 Å². The van der Waals surface area contributed by atoms with Crippen molar-refractivity contribution in [2.75, 3.05) is 25.2 Å². The second kappa shape index (κ2) is 9.54. The number of benzene rings is 2. The normalized spacial score (nSPS) is 15.0. The monoisotopic (exact) mass is 412 g/mol. The minimum absolute atomic E-state index is 0.232. The predicted octanol–water partition coefficient (Wildman–Crippen LogP) is 3.89. The van der Waals surface area contributed by atoms with Crippen molar-refractivity contribution in [3.8, 4) is 11.5 Å². The molecule has 2 aromatic carbocycles. The van der Waals surface area contributed by atoms with Crippen LogP contribution in [0, 0.1) is 0 Å². The first-order valence-corrected chi connectivity index (χ1v) is 9.83. The van der Waals surface area contributed by atoms with E-state index in [1.807, 2.05) is 56.3 Å². The summed E-state index contributed by atoms with van der Waals surface area (Å²) >= 11 is 5.42. The third-order valence-electron chi connectivity index (χ3n) is 4.36. The van der Waals surface area contributed by atoms with Crippen LogP contribution in [0.4, 0.5) is 5.69 Å². The summed E-state index contributed by atoms with van der Waals surface area (Å²) in [5, 5.41) is 3.33. The Kier molecular flexibility index (Phi) is 6.85. The van der Waals surface area contributed by atoms with Gasteiger partial charge in [-0.15, -0.1) is 0 Å². The van der Waals surface area contributed by atoms with Crippen molar-refractivity contribution >= 4 is 35.0 Å². The average Bonchev–Trinajstić information content (AvgIpc) is 3.00. The van der Waals surface area contributed by atoms with E-state index in [9.17, 15) is 4.79 Å². The number of ether oxygens (including phenoxy) is 3. The predicted molar refractivity (Wildman–Crippen MR) is 117 cm³/mol. The topological polar surface area (TPSA) is 60.0 Å². The van der Waals surface area contributed by atoms with E-state index in [1.54, 1.807) is 13.2 Å². The highest BCUT2D eigenvalue weighted by Gasteiger charge is 2.33. The molecule has 0 spiro atoms. The first-order chi connectivity index (χ1) is 14.1. The fourth-order valence-corrected chi connectivity index (χ4v) is 3.34. The first-order valence-electron chi connectivity index (χ1n) is 9.42. The van der Waals surface area contributed by atoms with Crippen molar-refractivity contribution in [1.29, 1.82) is 0 Å². The molecule has 0 bridgehead atoms. The molecule has 3 rings (SSSR count).